The minimum Gasteiger partial charge on any atom is -0.350 e. The molecule has 130 valence electrons. The number of carbonyl (C=O) groups is 1. The highest BCUT2D eigenvalue weighted by Crippen LogP contribution is 2.11. The van der Waals surface area contributed by atoms with Crippen molar-refractivity contribution in [3.05, 3.63) is 53.1 Å². The fourth-order valence-corrected chi connectivity index (χ4v) is 2.68. The van der Waals surface area contributed by atoms with E-state index >= 15 is 0 Å². The first kappa shape index (κ1) is 16.8. The maximum absolute atomic E-state index is 12.5. The number of benzene rings is 1. The summed E-state index contributed by atoms with van der Waals surface area (Å²) in [6.07, 6.45) is 4.48. The Morgan fingerprint density at radius 2 is 2.08 bits per heavy atom. The summed E-state index contributed by atoms with van der Waals surface area (Å²) in [4.78, 5) is 33.1. The number of carbonyl (C=O) groups excluding carboxylic acids is 1. The average Bonchev–Trinajstić information content (AvgIpc) is 3.11. The summed E-state index contributed by atoms with van der Waals surface area (Å²) >= 11 is 0. The van der Waals surface area contributed by atoms with Crippen molar-refractivity contribution in [2.45, 2.75) is 39.4 Å². The van der Waals surface area contributed by atoms with Crippen LogP contribution >= 0.6 is 0 Å². The first-order valence-corrected chi connectivity index (χ1v) is 8.05. The molecule has 3 aromatic rings. The van der Waals surface area contributed by atoms with E-state index in [1.807, 2.05) is 32.9 Å². The lowest BCUT2D eigenvalue weighted by molar-refractivity contribution is -0.122. The zero-order valence-corrected chi connectivity index (χ0v) is 14.4. The van der Waals surface area contributed by atoms with E-state index in [0.29, 0.717) is 10.9 Å². The van der Waals surface area contributed by atoms with Gasteiger partial charge in [0.1, 0.15) is 19.2 Å². The summed E-state index contributed by atoms with van der Waals surface area (Å²) in [6.45, 7) is 5.64. The van der Waals surface area contributed by atoms with Gasteiger partial charge in [-0.2, -0.15) is 5.10 Å². The fourth-order valence-electron chi connectivity index (χ4n) is 2.68. The quantitative estimate of drug-likeness (QED) is 0.749. The van der Waals surface area contributed by atoms with Crippen LogP contribution in [0.1, 0.15) is 25.5 Å². The van der Waals surface area contributed by atoms with Crippen molar-refractivity contribution in [3.63, 3.8) is 0 Å². The van der Waals surface area contributed by atoms with Crippen LogP contribution in [0.4, 0.5) is 0 Å². The molecule has 0 saturated heterocycles. The Morgan fingerprint density at radius 3 is 2.80 bits per heavy atom. The highest BCUT2D eigenvalue weighted by Gasteiger charge is 2.17. The van der Waals surface area contributed by atoms with E-state index in [0.717, 1.165) is 5.56 Å². The second-order valence-corrected chi connectivity index (χ2v) is 6.12. The summed E-state index contributed by atoms with van der Waals surface area (Å²) in [5.74, 6) is -0.254. The van der Waals surface area contributed by atoms with Crippen LogP contribution in [0, 0.1) is 6.92 Å². The molecule has 0 radical (unpaired) electrons. The van der Waals surface area contributed by atoms with E-state index in [4.69, 9.17) is 0 Å². The summed E-state index contributed by atoms with van der Waals surface area (Å²) in [5, 5.41) is 7.48. The average molecular weight is 340 g/mol. The van der Waals surface area contributed by atoms with E-state index < -0.39 is 0 Å². The molecule has 0 aliphatic rings. The number of hydrogen-bond acceptors (Lipinski definition) is 5. The van der Waals surface area contributed by atoms with Crippen LogP contribution in [0.3, 0.4) is 0 Å². The summed E-state index contributed by atoms with van der Waals surface area (Å²) in [6, 6.07) is 5.22. The largest absolute Gasteiger partial charge is 0.350 e. The summed E-state index contributed by atoms with van der Waals surface area (Å²) < 4.78 is 3.00. The molecular formula is C17H20N6O2. The Balaban J connectivity index is 1.74. The maximum atomic E-state index is 12.5. The topological polar surface area (TPSA) is 94.7 Å². The minimum atomic E-state index is -0.254. The number of amides is 1. The van der Waals surface area contributed by atoms with Crippen LogP contribution in [0.5, 0.6) is 0 Å². The van der Waals surface area contributed by atoms with Gasteiger partial charge in [0.2, 0.25) is 5.91 Å². The molecule has 0 aliphatic carbocycles. The molecule has 2 atom stereocenters. The zero-order chi connectivity index (χ0) is 18.0. The molecule has 0 unspecified atom stereocenters. The number of aromatic nitrogens is 5. The van der Waals surface area contributed by atoms with Crippen molar-refractivity contribution in [3.8, 4) is 0 Å². The lowest BCUT2D eigenvalue weighted by atomic mass is 10.1. The molecule has 0 fully saturated rings. The lowest BCUT2D eigenvalue weighted by Gasteiger charge is -2.21. The van der Waals surface area contributed by atoms with Crippen molar-refractivity contribution in [1.29, 1.82) is 0 Å². The molecule has 0 bridgehead atoms. The third kappa shape index (κ3) is 3.42. The number of nitrogens with one attached hydrogen (secondary N) is 1. The van der Waals surface area contributed by atoms with E-state index in [1.54, 1.807) is 17.1 Å². The molecule has 1 N–H and O–H groups in total. The predicted octanol–water partition coefficient (Wildman–Crippen LogP) is 1.06. The maximum Gasteiger partial charge on any atom is 0.261 e. The fraction of sp³-hybridized carbons (Fsp3) is 0.353. The lowest BCUT2D eigenvalue weighted by Crippen LogP contribution is -2.41. The Labute approximate surface area is 144 Å². The van der Waals surface area contributed by atoms with E-state index in [-0.39, 0.29) is 30.1 Å². The van der Waals surface area contributed by atoms with Gasteiger partial charge in [0.15, 0.2) is 0 Å². The smallest absolute Gasteiger partial charge is 0.261 e. The number of hydrogen-bond donors (Lipinski definition) is 1. The monoisotopic (exact) mass is 340 g/mol. The van der Waals surface area contributed by atoms with Crippen LogP contribution in [0.2, 0.25) is 0 Å². The van der Waals surface area contributed by atoms with E-state index in [2.05, 4.69) is 20.4 Å². The van der Waals surface area contributed by atoms with Gasteiger partial charge < -0.3 is 5.32 Å². The Bertz CT molecular complexity index is 947. The van der Waals surface area contributed by atoms with Crippen molar-refractivity contribution in [2.75, 3.05) is 0 Å². The molecule has 1 aromatic carbocycles. The van der Waals surface area contributed by atoms with Gasteiger partial charge in [0, 0.05) is 6.04 Å². The number of nitrogens with zero attached hydrogens (tertiary/aromatic N) is 5. The number of aryl methyl sites for hydroxylation is 1. The SMILES string of the molecule is Cc1cccc2c(=O)n(CC(=O)N[C@@H](C)[C@@H](C)n3cncn3)cnc12. The van der Waals surface area contributed by atoms with Gasteiger partial charge in [0.05, 0.1) is 23.3 Å². The highest BCUT2D eigenvalue weighted by atomic mass is 16.2. The zero-order valence-electron chi connectivity index (χ0n) is 14.4. The molecule has 0 saturated carbocycles. The van der Waals surface area contributed by atoms with Gasteiger partial charge in [-0.05, 0) is 32.4 Å². The second kappa shape index (κ2) is 6.84. The number of para-hydroxylation sites is 1. The third-order valence-corrected chi connectivity index (χ3v) is 4.34. The Hall–Kier alpha value is -3.03. The van der Waals surface area contributed by atoms with Crippen molar-refractivity contribution >= 4 is 16.8 Å². The number of rotatable bonds is 5. The molecule has 8 nitrogen and oxygen atoms in total. The standard InChI is InChI=1S/C17H20N6O2/c1-11-5-4-6-14-16(11)19-10-22(17(14)25)7-15(24)21-12(2)13(3)23-9-18-8-20-23/h4-6,8-10,12-13H,7H2,1-3H3,(H,21,24)/t12-,13+/m0/s1. The molecule has 0 spiro atoms. The third-order valence-electron chi connectivity index (χ3n) is 4.34. The molecule has 3 rings (SSSR count). The molecule has 8 heteroatoms. The second-order valence-electron chi connectivity index (χ2n) is 6.12. The van der Waals surface area contributed by atoms with Crippen LogP contribution in [-0.4, -0.2) is 36.3 Å². The van der Waals surface area contributed by atoms with Crippen LogP contribution in [0.15, 0.2) is 42.0 Å². The van der Waals surface area contributed by atoms with Gasteiger partial charge in [0.25, 0.3) is 5.56 Å². The van der Waals surface area contributed by atoms with E-state index in [9.17, 15) is 9.59 Å². The Morgan fingerprint density at radius 1 is 1.28 bits per heavy atom. The first-order valence-electron chi connectivity index (χ1n) is 8.05. The highest BCUT2D eigenvalue weighted by molar-refractivity contribution is 5.81. The van der Waals surface area contributed by atoms with Crippen LogP contribution < -0.4 is 10.9 Å². The predicted molar refractivity (Wildman–Crippen MR) is 93.1 cm³/mol. The van der Waals surface area contributed by atoms with E-state index in [1.165, 1.54) is 17.2 Å². The van der Waals surface area contributed by atoms with Crippen molar-refractivity contribution in [1.82, 2.24) is 29.6 Å². The van der Waals surface area contributed by atoms with Gasteiger partial charge in [-0.1, -0.05) is 12.1 Å². The molecule has 0 aliphatic heterocycles. The normalized spacial score (nSPS) is 13.6. The molecule has 2 heterocycles. The van der Waals surface area contributed by atoms with Crippen molar-refractivity contribution < 1.29 is 4.79 Å². The number of fused-ring (bicyclic) bond motifs is 1. The van der Waals surface area contributed by atoms with Gasteiger partial charge in [-0.15, -0.1) is 0 Å². The van der Waals surface area contributed by atoms with Crippen molar-refractivity contribution in [2.24, 2.45) is 0 Å². The molecule has 2 aromatic heterocycles. The van der Waals surface area contributed by atoms with Gasteiger partial charge in [-0.25, -0.2) is 14.6 Å². The van der Waals surface area contributed by atoms with Crippen LogP contribution in [0.25, 0.3) is 10.9 Å². The molecular weight excluding hydrogens is 320 g/mol. The summed E-state index contributed by atoms with van der Waals surface area (Å²) in [5.41, 5.74) is 1.37. The van der Waals surface area contributed by atoms with Gasteiger partial charge in [-0.3, -0.25) is 14.2 Å². The first-order chi connectivity index (χ1) is 12.0. The Kier molecular flexibility index (Phi) is 4.60. The minimum absolute atomic E-state index is 0.0550. The molecule has 25 heavy (non-hydrogen) atoms. The summed E-state index contributed by atoms with van der Waals surface area (Å²) in [7, 11) is 0. The molecule has 1 amide bonds. The van der Waals surface area contributed by atoms with Gasteiger partial charge >= 0.3 is 0 Å². The van der Waals surface area contributed by atoms with Crippen LogP contribution in [-0.2, 0) is 11.3 Å².